The molecule has 4 rings (SSSR count). The third-order valence-electron chi connectivity index (χ3n) is 7.36. The standard InChI is InChI=1S/C35H38N2O5/c1-4-5-17-31(37-23-24(2)19-28(35(37)41)20-25-12-7-6-8-13-25)34(40)36-30(22-33(38)39)27-15-11-14-26(21-27)29-16-9-10-18-32(29)42-3/h6-16,18-19,21,23,30-31H,4-5,17,20,22H2,1-3H3,(H,36,40)(H,38,39)/t30-,31+/m0/s1. The van der Waals surface area contributed by atoms with E-state index in [-0.39, 0.29) is 17.9 Å². The lowest BCUT2D eigenvalue weighted by Gasteiger charge is -2.25. The summed E-state index contributed by atoms with van der Waals surface area (Å²) in [7, 11) is 1.60. The van der Waals surface area contributed by atoms with Crippen molar-refractivity contribution in [3.05, 3.63) is 124 Å². The highest BCUT2D eigenvalue weighted by Gasteiger charge is 2.27. The van der Waals surface area contributed by atoms with Crippen LogP contribution >= 0.6 is 0 Å². The molecule has 2 atom stereocenters. The highest BCUT2D eigenvalue weighted by molar-refractivity contribution is 5.82. The molecule has 0 unspecified atom stereocenters. The summed E-state index contributed by atoms with van der Waals surface area (Å²) in [4.78, 5) is 39.5. The van der Waals surface area contributed by atoms with Crippen LogP contribution in [0.3, 0.4) is 0 Å². The summed E-state index contributed by atoms with van der Waals surface area (Å²) in [6.45, 7) is 3.95. The second-order valence-electron chi connectivity index (χ2n) is 10.6. The van der Waals surface area contributed by atoms with Gasteiger partial charge in [0.2, 0.25) is 5.91 Å². The number of carbonyl (C=O) groups excluding carboxylic acids is 1. The fourth-order valence-corrected chi connectivity index (χ4v) is 5.29. The largest absolute Gasteiger partial charge is 0.496 e. The molecule has 0 fully saturated rings. The van der Waals surface area contributed by atoms with Gasteiger partial charge in [-0.15, -0.1) is 0 Å². The molecule has 0 saturated heterocycles. The van der Waals surface area contributed by atoms with E-state index < -0.39 is 18.1 Å². The minimum absolute atomic E-state index is 0.214. The number of para-hydroxylation sites is 1. The van der Waals surface area contributed by atoms with Crippen LogP contribution in [0.15, 0.2) is 95.9 Å². The van der Waals surface area contributed by atoms with Crippen LogP contribution in [0.4, 0.5) is 0 Å². The molecule has 1 aromatic heterocycles. The topological polar surface area (TPSA) is 97.6 Å². The first-order chi connectivity index (χ1) is 20.3. The Morgan fingerprint density at radius 2 is 1.71 bits per heavy atom. The quantitative estimate of drug-likeness (QED) is 0.193. The Morgan fingerprint density at radius 3 is 2.43 bits per heavy atom. The number of aryl methyl sites for hydroxylation is 1. The molecule has 3 aromatic carbocycles. The predicted molar refractivity (Wildman–Crippen MR) is 165 cm³/mol. The Hall–Kier alpha value is -4.65. The Balaban J connectivity index is 1.68. The van der Waals surface area contributed by atoms with E-state index in [1.807, 2.05) is 98.8 Å². The van der Waals surface area contributed by atoms with E-state index in [9.17, 15) is 19.5 Å². The third-order valence-corrected chi connectivity index (χ3v) is 7.36. The van der Waals surface area contributed by atoms with E-state index in [1.54, 1.807) is 13.3 Å². The highest BCUT2D eigenvalue weighted by atomic mass is 16.5. The number of aliphatic carboxylic acids is 1. The first kappa shape index (κ1) is 30.3. The zero-order valence-corrected chi connectivity index (χ0v) is 24.4. The van der Waals surface area contributed by atoms with Gasteiger partial charge in [0, 0.05) is 23.7 Å². The molecule has 7 heteroatoms. The number of carbonyl (C=O) groups is 2. The van der Waals surface area contributed by atoms with Gasteiger partial charge in [0.25, 0.3) is 5.56 Å². The number of amides is 1. The SMILES string of the molecule is CCCC[C@H](C(=O)N[C@@H](CC(=O)O)c1cccc(-c2ccccc2OC)c1)n1cc(C)cc(Cc2ccccc2)c1=O. The molecule has 0 saturated carbocycles. The van der Waals surface area contributed by atoms with Crippen molar-refractivity contribution < 1.29 is 19.4 Å². The molecule has 42 heavy (non-hydrogen) atoms. The lowest BCUT2D eigenvalue weighted by atomic mass is 9.96. The van der Waals surface area contributed by atoms with E-state index >= 15 is 0 Å². The van der Waals surface area contributed by atoms with Crippen LogP contribution < -0.4 is 15.6 Å². The van der Waals surface area contributed by atoms with Gasteiger partial charge in [0.15, 0.2) is 0 Å². The third kappa shape index (κ3) is 7.55. The number of aromatic nitrogens is 1. The van der Waals surface area contributed by atoms with E-state index in [0.29, 0.717) is 29.7 Å². The number of nitrogens with zero attached hydrogens (tertiary/aromatic N) is 1. The van der Waals surface area contributed by atoms with E-state index in [2.05, 4.69) is 5.32 Å². The number of benzene rings is 3. The van der Waals surface area contributed by atoms with Crippen molar-refractivity contribution in [1.82, 2.24) is 9.88 Å². The molecule has 0 bridgehead atoms. The zero-order valence-electron chi connectivity index (χ0n) is 24.4. The lowest BCUT2D eigenvalue weighted by molar-refractivity contribution is -0.138. The molecule has 1 heterocycles. The molecule has 0 spiro atoms. The second kappa shape index (κ2) is 14.3. The normalized spacial score (nSPS) is 12.4. The van der Waals surface area contributed by atoms with E-state index in [4.69, 9.17) is 4.74 Å². The lowest BCUT2D eigenvalue weighted by Crippen LogP contribution is -2.40. The highest BCUT2D eigenvalue weighted by Crippen LogP contribution is 2.32. The number of unbranched alkanes of at least 4 members (excludes halogenated alkanes) is 1. The van der Waals surface area contributed by atoms with Crippen molar-refractivity contribution in [2.75, 3.05) is 7.11 Å². The molecule has 7 nitrogen and oxygen atoms in total. The maximum Gasteiger partial charge on any atom is 0.305 e. The fourth-order valence-electron chi connectivity index (χ4n) is 5.29. The van der Waals surface area contributed by atoms with Gasteiger partial charge in [-0.3, -0.25) is 14.4 Å². The number of rotatable bonds is 13. The van der Waals surface area contributed by atoms with Crippen molar-refractivity contribution in [3.8, 4) is 16.9 Å². The molecule has 0 aliphatic carbocycles. The Kier molecular flexibility index (Phi) is 10.3. The van der Waals surface area contributed by atoms with Crippen LogP contribution in [-0.4, -0.2) is 28.7 Å². The summed E-state index contributed by atoms with van der Waals surface area (Å²) in [6, 6.07) is 25.1. The van der Waals surface area contributed by atoms with Gasteiger partial charge in [0.1, 0.15) is 11.8 Å². The monoisotopic (exact) mass is 566 g/mol. The molecule has 0 aliphatic heterocycles. The Labute approximate surface area is 246 Å². The summed E-state index contributed by atoms with van der Waals surface area (Å²) in [5.41, 5.74) is 4.65. The van der Waals surface area contributed by atoms with Gasteiger partial charge in [0.05, 0.1) is 19.6 Å². The average molecular weight is 567 g/mol. The summed E-state index contributed by atoms with van der Waals surface area (Å²) in [6.07, 6.45) is 3.92. The second-order valence-corrected chi connectivity index (χ2v) is 10.6. The smallest absolute Gasteiger partial charge is 0.305 e. The molecule has 4 aromatic rings. The van der Waals surface area contributed by atoms with Gasteiger partial charge in [-0.1, -0.05) is 86.5 Å². The van der Waals surface area contributed by atoms with Crippen LogP contribution in [-0.2, 0) is 16.0 Å². The Bertz CT molecular complexity index is 1580. The number of ether oxygens (including phenoxy) is 1. The summed E-state index contributed by atoms with van der Waals surface area (Å²) in [5.74, 6) is -0.722. The van der Waals surface area contributed by atoms with Gasteiger partial charge in [-0.05, 0) is 53.8 Å². The van der Waals surface area contributed by atoms with Crippen LogP contribution in [0.2, 0.25) is 0 Å². The summed E-state index contributed by atoms with van der Waals surface area (Å²) < 4.78 is 7.05. The van der Waals surface area contributed by atoms with Gasteiger partial charge in [-0.2, -0.15) is 0 Å². The number of methoxy groups -OCH3 is 1. The number of hydrogen-bond donors (Lipinski definition) is 2. The number of nitrogens with one attached hydrogen (secondary N) is 1. The number of carboxylic acids is 1. The van der Waals surface area contributed by atoms with Crippen molar-refractivity contribution >= 4 is 11.9 Å². The van der Waals surface area contributed by atoms with E-state index in [1.165, 1.54) is 4.57 Å². The maximum atomic E-state index is 13.9. The van der Waals surface area contributed by atoms with Crippen LogP contribution in [0.5, 0.6) is 5.75 Å². The van der Waals surface area contributed by atoms with Crippen LogP contribution in [0, 0.1) is 6.92 Å². The minimum Gasteiger partial charge on any atom is -0.496 e. The molecule has 218 valence electrons. The molecule has 2 N–H and O–H groups in total. The Morgan fingerprint density at radius 1 is 0.976 bits per heavy atom. The average Bonchev–Trinajstić information content (AvgIpc) is 2.99. The van der Waals surface area contributed by atoms with Crippen LogP contribution in [0.1, 0.15) is 66.9 Å². The van der Waals surface area contributed by atoms with Crippen LogP contribution in [0.25, 0.3) is 11.1 Å². The number of pyridine rings is 1. The zero-order chi connectivity index (χ0) is 30.1. The number of carboxylic acid groups (broad SMARTS) is 1. The number of hydrogen-bond acceptors (Lipinski definition) is 4. The van der Waals surface area contributed by atoms with Crippen molar-refractivity contribution in [2.24, 2.45) is 0 Å². The van der Waals surface area contributed by atoms with E-state index in [0.717, 1.165) is 35.1 Å². The van der Waals surface area contributed by atoms with Gasteiger partial charge >= 0.3 is 5.97 Å². The molecule has 0 radical (unpaired) electrons. The minimum atomic E-state index is -1.04. The predicted octanol–water partition coefficient (Wildman–Crippen LogP) is 6.49. The summed E-state index contributed by atoms with van der Waals surface area (Å²) in [5, 5.41) is 12.7. The molecule has 0 aliphatic rings. The van der Waals surface area contributed by atoms with Gasteiger partial charge < -0.3 is 19.7 Å². The summed E-state index contributed by atoms with van der Waals surface area (Å²) >= 11 is 0. The van der Waals surface area contributed by atoms with Crippen molar-refractivity contribution in [1.29, 1.82) is 0 Å². The molecule has 1 amide bonds. The van der Waals surface area contributed by atoms with Crippen molar-refractivity contribution in [3.63, 3.8) is 0 Å². The first-order valence-corrected chi connectivity index (χ1v) is 14.3. The first-order valence-electron chi connectivity index (χ1n) is 14.3. The maximum absolute atomic E-state index is 13.9. The molecular weight excluding hydrogens is 528 g/mol. The van der Waals surface area contributed by atoms with Crippen molar-refractivity contribution in [2.45, 2.75) is 58.0 Å². The fraction of sp³-hybridized carbons (Fsp3) is 0.286. The molecular formula is C35H38N2O5. The van der Waals surface area contributed by atoms with Gasteiger partial charge in [-0.25, -0.2) is 0 Å².